The maximum absolute atomic E-state index is 12.0. The van der Waals surface area contributed by atoms with E-state index < -0.39 is 18.9 Å². The number of halogens is 3. The van der Waals surface area contributed by atoms with Crippen molar-refractivity contribution in [1.82, 2.24) is 0 Å². The topological polar surface area (TPSA) is 29.5 Å². The number of hydrogen-bond acceptors (Lipinski definition) is 2. The molecule has 1 N–H and O–H groups in total. The average molecular weight is 234 g/mol. The molecule has 0 saturated carbocycles. The van der Waals surface area contributed by atoms with Crippen molar-refractivity contribution in [3.05, 3.63) is 35.9 Å². The minimum absolute atomic E-state index is 0.153. The fraction of sp³-hybridized carbons (Fsp3) is 0.455. The van der Waals surface area contributed by atoms with Gasteiger partial charge in [-0.3, -0.25) is 0 Å². The fourth-order valence-electron chi connectivity index (χ4n) is 1.33. The molecule has 1 aromatic rings. The van der Waals surface area contributed by atoms with Gasteiger partial charge < -0.3 is 9.84 Å². The Hall–Kier alpha value is -1.07. The molecule has 1 unspecified atom stereocenters. The third-order valence-electron chi connectivity index (χ3n) is 2.01. The van der Waals surface area contributed by atoms with Gasteiger partial charge in [0.15, 0.2) is 0 Å². The van der Waals surface area contributed by atoms with Crippen LogP contribution in [0.25, 0.3) is 0 Å². The maximum Gasteiger partial charge on any atom is 0.411 e. The van der Waals surface area contributed by atoms with Crippen LogP contribution in [-0.2, 0) is 4.74 Å². The lowest BCUT2D eigenvalue weighted by atomic mass is 10.1. The lowest BCUT2D eigenvalue weighted by Gasteiger charge is -2.18. The molecule has 1 aromatic carbocycles. The molecular formula is C11H13F3O2. The summed E-state index contributed by atoms with van der Waals surface area (Å²) in [5.41, 5.74) is 0.640. The minimum Gasteiger partial charge on any atom is -0.396 e. The van der Waals surface area contributed by atoms with Crippen molar-refractivity contribution in [3.8, 4) is 0 Å². The number of hydrogen-bond donors (Lipinski definition) is 1. The first kappa shape index (κ1) is 13.0. The molecule has 0 fully saturated rings. The molecule has 0 amide bonds. The number of alkyl halides is 3. The molecular weight excluding hydrogens is 221 g/mol. The highest BCUT2D eigenvalue weighted by Crippen LogP contribution is 2.24. The third-order valence-corrected chi connectivity index (χ3v) is 2.01. The Labute approximate surface area is 91.7 Å². The number of aliphatic hydroxyl groups excluding tert-OH is 1. The number of ether oxygens (including phenoxy) is 1. The predicted octanol–water partition coefficient (Wildman–Crippen LogP) is 2.69. The van der Waals surface area contributed by atoms with Gasteiger partial charge >= 0.3 is 6.18 Å². The van der Waals surface area contributed by atoms with Crippen molar-refractivity contribution >= 4 is 0 Å². The van der Waals surface area contributed by atoms with E-state index in [1.165, 1.54) is 0 Å². The summed E-state index contributed by atoms with van der Waals surface area (Å²) in [7, 11) is 0. The first-order valence-electron chi connectivity index (χ1n) is 4.87. The van der Waals surface area contributed by atoms with Crippen LogP contribution in [0.5, 0.6) is 0 Å². The second-order valence-corrected chi connectivity index (χ2v) is 3.34. The first-order chi connectivity index (χ1) is 7.53. The SMILES string of the molecule is OCCC(OCC(F)(F)F)c1ccccc1. The molecule has 90 valence electrons. The average Bonchev–Trinajstić information content (AvgIpc) is 2.24. The van der Waals surface area contributed by atoms with E-state index >= 15 is 0 Å². The van der Waals surface area contributed by atoms with Crippen LogP contribution in [-0.4, -0.2) is 24.5 Å². The quantitative estimate of drug-likeness (QED) is 0.848. The lowest BCUT2D eigenvalue weighted by Crippen LogP contribution is -2.20. The van der Waals surface area contributed by atoms with Crippen molar-refractivity contribution in [2.75, 3.05) is 13.2 Å². The minimum atomic E-state index is -4.34. The van der Waals surface area contributed by atoms with Crippen LogP contribution in [0.2, 0.25) is 0 Å². The van der Waals surface area contributed by atoms with E-state index in [9.17, 15) is 13.2 Å². The molecule has 0 aromatic heterocycles. The summed E-state index contributed by atoms with van der Waals surface area (Å²) >= 11 is 0. The zero-order valence-corrected chi connectivity index (χ0v) is 8.57. The van der Waals surface area contributed by atoms with Gasteiger partial charge in [-0.05, 0) is 5.56 Å². The van der Waals surface area contributed by atoms with Crippen LogP contribution in [0.15, 0.2) is 30.3 Å². The molecule has 0 heterocycles. The predicted molar refractivity (Wildman–Crippen MR) is 52.9 cm³/mol. The molecule has 0 spiro atoms. The Bertz CT molecular complexity index is 298. The standard InChI is InChI=1S/C11H13F3O2/c12-11(13,14)8-16-10(6-7-15)9-4-2-1-3-5-9/h1-5,10,15H,6-8H2. The lowest BCUT2D eigenvalue weighted by molar-refractivity contribution is -0.187. The third kappa shape index (κ3) is 4.63. The van der Waals surface area contributed by atoms with Crippen LogP contribution in [0.1, 0.15) is 18.1 Å². The van der Waals surface area contributed by atoms with Crippen LogP contribution in [0.4, 0.5) is 13.2 Å². The molecule has 1 rings (SSSR count). The van der Waals surface area contributed by atoms with E-state index in [1.54, 1.807) is 30.3 Å². The Kier molecular flexibility index (Phi) is 4.76. The summed E-state index contributed by atoms with van der Waals surface area (Å²) in [6, 6.07) is 8.56. The van der Waals surface area contributed by atoms with E-state index in [1.807, 2.05) is 0 Å². The summed E-state index contributed by atoms with van der Waals surface area (Å²) in [5, 5.41) is 8.77. The van der Waals surface area contributed by atoms with E-state index in [-0.39, 0.29) is 13.0 Å². The number of aliphatic hydroxyl groups is 1. The summed E-state index contributed by atoms with van der Waals surface area (Å²) in [6.07, 6.45) is -4.91. The van der Waals surface area contributed by atoms with Gasteiger partial charge in [-0.15, -0.1) is 0 Å². The smallest absolute Gasteiger partial charge is 0.396 e. The van der Waals surface area contributed by atoms with E-state index in [0.29, 0.717) is 5.56 Å². The van der Waals surface area contributed by atoms with Crippen LogP contribution >= 0.6 is 0 Å². The second-order valence-electron chi connectivity index (χ2n) is 3.34. The van der Waals surface area contributed by atoms with E-state index in [4.69, 9.17) is 9.84 Å². The van der Waals surface area contributed by atoms with Crippen molar-refractivity contribution < 1.29 is 23.0 Å². The molecule has 5 heteroatoms. The highest BCUT2D eigenvalue weighted by molar-refractivity contribution is 5.17. The maximum atomic E-state index is 12.0. The summed E-state index contributed by atoms with van der Waals surface area (Å²) in [4.78, 5) is 0. The highest BCUT2D eigenvalue weighted by atomic mass is 19.4. The summed E-state index contributed by atoms with van der Waals surface area (Å²) in [5.74, 6) is 0. The van der Waals surface area contributed by atoms with Gasteiger partial charge in [0.05, 0.1) is 6.10 Å². The summed E-state index contributed by atoms with van der Waals surface area (Å²) in [6.45, 7) is -1.51. The first-order valence-corrected chi connectivity index (χ1v) is 4.87. The van der Waals surface area contributed by atoms with Gasteiger partial charge in [-0.25, -0.2) is 0 Å². The molecule has 0 aliphatic heterocycles. The zero-order valence-electron chi connectivity index (χ0n) is 8.57. The van der Waals surface area contributed by atoms with Gasteiger partial charge in [-0.1, -0.05) is 30.3 Å². The molecule has 0 aliphatic rings. The van der Waals surface area contributed by atoms with Gasteiger partial charge in [0, 0.05) is 13.0 Å². The molecule has 16 heavy (non-hydrogen) atoms. The second kappa shape index (κ2) is 5.86. The van der Waals surface area contributed by atoms with Gasteiger partial charge in [0.1, 0.15) is 6.61 Å². The van der Waals surface area contributed by atoms with Crippen molar-refractivity contribution in [1.29, 1.82) is 0 Å². The monoisotopic (exact) mass is 234 g/mol. The van der Waals surface area contributed by atoms with Crippen molar-refractivity contribution in [2.45, 2.75) is 18.7 Å². The van der Waals surface area contributed by atoms with E-state index in [0.717, 1.165) is 0 Å². The molecule has 1 atom stereocenters. The number of benzene rings is 1. The van der Waals surface area contributed by atoms with Crippen LogP contribution in [0.3, 0.4) is 0 Å². The molecule has 0 radical (unpaired) electrons. The Morgan fingerprint density at radius 1 is 1.19 bits per heavy atom. The Balaban J connectivity index is 2.61. The van der Waals surface area contributed by atoms with Crippen molar-refractivity contribution in [3.63, 3.8) is 0 Å². The van der Waals surface area contributed by atoms with Crippen molar-refractivity contribution in [2.24, 2.45) is 0 Å². The van der Waals surface area contributed by atoms with Gasteiger partial charge in [0.2, 0.25) is 0 Å². The van der Waals surface area contributed by atoms with Crippen LogP contribution < -0.4 is 0 Å². The molecule has 2 nitrogen and oxygen atoms in total. The highest BCUT2D eigenvalue weighted by Gasteiger charge is 2.29. The molecule has 0 bridgehead atoms. The van der Waals surface area contributed by atoms with Gasteiger partial charge in [-0.2, -0.15) is 13.2 Å². The fourth-order valence-corrected chi connectivity index (χ4v) is 1.33. The van der Waals surface area contributed by atoms with Crippen LogP contribution in [0, 0.1) is 0 Å². The number of rotatable bonds is 5. The Morgan fingerprint density at radius 2 is 1.81 bits per heavy atom. The molecule has 0 aliphatic carbocycles. The van der Waals surface area contributed by atoms with Gasteiger partial charge in [0.25, 0.3) is 0 Å². The summed E-state index contributed by atoms with van der Waals surface area (Å²) < 4.78 is 40.7. The Morgan fingerprint density at radius 3 is 2.31 bits per heavy atom. The van der Waals surface area contributed by atoms with E-state index in [2.05, 4.69) is 0 Å². The zero-order chi connectivity index (χ0) is 12.0. The normalized spacial score (nSPS) is 13.8. The molecule has 0 saturated heterocycles. The largest absolute Gasteiger partial charge is 0.411 e.